The lowest BCUT2D eigenvalue weighted by atomic mass is 10.3. The molecule has 0 fully saturated rings. The largest absolute Gasteiger partial charge is 0.368 e. The van der Waals surface area contributed by atoms with Gasteiger partial charge in [-0.05, 0) is 60.7 Å². The van der Waals surface area contributed by atoms with Gasteiger partial charge in [-0.3, -0.25) is 4.99 Å². The van der Waals surface area contributed by atoms with E-state index in [-0.39, 0.29) is 5.96 Å². The first kappa shape index (κ1) is 14.7. The minimum absolute atomic E-state index is 0.270. The van der Waals surface area contributed by atoms with Crippen molar-refractivity contribution >= 4 is 40.2 Å². The molecule has 0 saturated carbocycles. The Balaban J connectivity index is 2.79. The molecule has 0 radical (unpaired) electrons. The first-order valence-electron chi connectivity index (χ1n) is 5.80. The van der Waals surface area contributed by atoms with E-state index in [1.165, 1.54) is 3.57 Å². The van der Waals surface area contributed by atoms with E-state index in [1.54, 1.807) is 0 Å². The van der Waals surface area contributed by atoms with Gasteiger partial charge in [0.25, 0.3) is 0 Å². The fourth-order valence-corrected chi connectivity index (χ4v) is 1.62. The maximum Gasteiger partial charge on any atom is 0.218 e. The van der Waals surface area contributed by atoms with Gasteiger partial charge in [0.15, 0.2) is 0 Å². The van der Waals surface area contributed by atoms with Crippen LogP contribution in [0.15, 0.2) is 34.3 Å². The summed E-state index contributed by atoms with van der Waals surface area (Å²) in [7, 11) is 0. The van der Waals surface area contributed by atoms with E-state index in [0.29, 0.717) is 12.5 Å². The number of hydrogen-bond donors (Lipinski definition) is 3. The monoisotopic (exact) mass is 359 g/mol. The van der Waals surface area contributed by atoms with Crippen LogP contribution < -0.4 is 16.4 Å². The normalized spacial score (nSPS) is 12.4. The lowest BCUT2D eigenvalue weighted by molar-refractivity contribution is 0.962. The summed E-state index contributed by atoms with van der Waals surface area (Å²) in [6.45, 7) is 5.30. The molecule has 0 aromatic heterocycles. The number of rotatable bonds is 3. The van der Waals surface area contributed by atoms with Gasteiger partial charge in [-0.2, -0.15) is 4.99 Å². The van der Waals surface area contributed by atoms with Crippen molar-refractivity contribution in [3.8, 4) is 0 Å². The predicted octanol–water partition coefficient (Wildman–Crippen LogP) is 2.00. The smallest absolute Gasteiger partial charge is 0.218 e. The molecule has 1 aromatic carbocycles. The highest BCUT2D eigenvalue weighted by atomic mass is 127. The summed E-state index contributed by atoms with van der Waals surface area (Å²) < 4.78 is 1.19. The fourth-order valence-electron chi connectivity index (χ4n) is 1.26. The highest BCUT2D eigenvalue weighted by molar-refractivity contribution is 14.1. The summed E-state index contributed by atoms with van der Waals surface area (Å²) in [5, 5.41) is 6.28. The Bertz CT molecular complexity index is 425. The first-order chi connectivity index (χ1) is 8.65. The number of nitrogens with one attached hydrogen (secondary N) is 2. The molecular formula is C12H18IN5. The van der Waals surface area contributed by atoms with E-state index in [9.17, 15) is 0 Å². The molecule has 0 atom stereocenters. The van der Waals surface area contributed by atoms with E-state index in [0.717, 1.165) is 12.2 Å². The Morgan fingerprint density at radius 2 is 1.94 bits per heavy atom. The summed E-state index contributed by atoms with van der Waals surface area (Å²) in [6.07, 6.45) is 0. The minimum atomic E-state index is 0.270. The van der Waals surface area contributed by atoms with Crippen LogP contribution in [-0.4, -0.2) is 25.0 Å². The Kier molecular flexibility index (Phi) is 6.48. The molecule has 0 saturated heterocycles. The number of hydrogen-bond acceptors (Lipinski definition) is 1. The molecule has 1 rings (SSSR count). The van der Waals surface area contributed by atoms with E-state index >= 15 is 0 Å². The SMILES string of the molecule is CC/N=C(N)\N=C(/NCC)Nc1ccc(I)cc1. The molecule has 0 heterocycles. The molecule has 0 aliphatic heterocycles. The Labute approximate surface area is 121 Å². The molecule has 0 bridgehead atoms. The van der Waals surface area contributed by atoms with Gasteiger partial charge in [-0.15, -0.1) is 0 Å². The lowest BCUT2D eigenvalue weighted by Gasteiger charge is -2.10. The van der Waals surface area contributed by atoms with Crippen LogP contribution in [0.3, 0.4) is 0 Å². The second-order valence-electron chi connectivity index (χ2n) is 3.46. The van der Waals surface area contributed by atoms with Gasteiger partial charge in [0, 0.05) is 22.3 Å². The molecule has 1 aromatic rings. The highest BCUT2D eigenvalue weighted by Crippen LogP contribution is 2.10. The highest BCUT2D eigenvalue weighted by Gasteiger charge is 1.99. The van der Waals surface area contributed by atoms with Crippen LogP contribution in [0.2, 0.25) is 0 Å². The summed E-state index contributed by atoms with van der Waals surface area (Å²) in [4.78, 5) is 8.22. The number of benzene rings is 1. The van der Waals surface area contributed by atoms with E-state index in [2.05, 4.69) is 43.2 Å². The zero-order valence-corrected chi connectivity index (χ0v) is 12.7. The third kappa shape index (κ3) is 5.35. The number of nitrogens with two attached hydrogens (primary N) is 1. The van der Waals surface area contributed by atoms with Gasteiger partial charge in [-0.25, -0.2) is 0 Å². The number of guanidine groups is 2. The van der Waals surface area contributed by atoms with Gasteiger partial charge < -0.3 is 16.4 Å². The first-order valence-corrected chi connectivity index (χ1v) is 6.88. The minimum Gasteiger partial charge on any atom is -0.368 e. The molecule has 6 heteroatoms. The maximum absolute atomic E-state index is 5.67. The van der Waals surface area contributed by atoms with Gasteiger partial charge in [-0.1, -0.05) is 0 Å². The van der Waals surface area contributed by atoms with Crippen molar-refractivity contribution in [2.75, 3.05) is 18.4 Å². The second-order valence-corrected chi connectivity index (χ2v) is 4.70. The van der Waals surface area contributed by atoms with Crippen molar-refractivity contribution in [2.24, 2.45) is 15.7 Å². The predicted molar refractivity (Wildman–Crippen MR) is 86.1 cm³/mol. The van der Waals surface area contributed by atoms with E-state index in [4.69, 9.17) is 5.73 Å². The zero-order chi connectivity index (χ0) is 13.4. The molecule has 18 heavy (non-hydrogen) atoms. The standard InChI is InChI=1S/C12H18IN5/c1-3-15-11(14)18-12(16-4-2)17-10-7-5-9(13)6-8-10/h5-8H,3-4H2,1-2H3,(H4,14,15,16,17,18). The van der Waals surface area contributed by atoms with Crippen molar-refractivity contribution in [2.45, 2.75) is 13.8 Å². The van der Waals surface area contributed by atoms with Crippen molar-refractivity contribution < 1.29 is 0 Å². The summed E-state index contributed by atoms with van der Waals surface area (Å²) in [6, 6.07) is 8.02. The molecule has 0 aliphatic rings. The third-order valence-electron chi connectivity index (χ3n) is 2.00. The Morgan fingerprint density at radius 3 is 2.50 bits per heavy atom. The molecule has 0 amide bonds. The van der Waals surface area contributed by atoms with Crippen LogP contribution in [0.1, 0.15) is 13.8 Å². The van der Waals surface area contributed by atoms with Crippen molar-refractivity contribution in [3.05, 3.63) is 27.8 Å². The van der Waals surface area contributed by atoms with E-state index in [1.807, 2.05) is 38.1 Å². The van der Waals surface area contributed by atoms with Crippen LogP contribution in [-0.2, 0) is 0 Å². The zero-order valence-electron chi connectivity index (χ0n) is 10.6. The second kappa shape index (κ2) is 7.91. The average Bonchev–Trinajstić information content (AvgIpc) is 2.32. The molecule has 98 valence electrons. The van der Waals surface area contributed by atoms with Crippen LogP contribution in [0.4, 0.5) is 5.69 Å². The maximum atomic E-state index is 5.67. The lowest BCUT2D eigenvalue weighted by Crippen LogP contribution is -2.32. The summed E-state index contributed by atoms with van der Waals surface area (Å²) >= 11 is 2.26. The van der Waals surface area contributed by atoms with Gasteiger partial charge in [0.2, 0.25) is 11.9 Å². The number of nitrogens with zero attached hydrogens (tertiary/aromatic N) is 2. The van der Waals surface area contributed by atoms with Crippen molar-refractivity contribution in [1.82, 2.24) is 5.32 Å². The fraction of sp³-hybridized carbons (Fsp3) is 0.333. The van der Waals surface area contributed by atoms with Crippen LogP contribution in [0.25, 0.3) is 0 Å². The number of anilines is 1. The van der Waals surface area contributed by atoms with Crippen molar-refractivity contribution in [1.29, 1.82) is 0 Å². The number of aliphatic imine (C=N–C) groups is 2. The number of halogens is 1. The molecule has 0 aliphatic carbocycles. The van der Waals surface area contributed by atoms with E-state index < -0.39 is 0 Å². The molecule has 5 nitrogen and oxygen atoms in total. The third-order valence-corrected chi connectivity index (χ3v) is 2.72. The van der Waals surface area contributed by atoms with Gasteiger partial charge in [0.05, 0.1) is 0 Å². The molecule has 0 unspecified atom stereocenters. The van der Waals surface area contributed by atoms with Crippen LogP contribution in [0.5, 0.6) is 0 Å². The van der Waals surface area contributed by atoms with Crippen LogP contribution >= 0.6 is 22.6 Å². The average molecular weight is 359 g/mol. The molecular weight excluding hydrogens is 341 g/mol. The summed E-state index contributed by atoms with van der Waals surface area (Å²) in [5.41, 5.74) is 6.63. The van der Waals surface area contributed by atoms with Crippen LogP contribution in [0, 0.1) is 3.57 Å². The molecule has 4 N–H and O–H groups in total. The Hall–Kier alpha value is -1.31. The molecule has 0 spiro atoms. The van der Waals surface area contributed by atoms with Gasteiger partial charge in [0.1, 0.15) is 0 Å². The summed E-state index contributed by atoms with van der Waals surface area (Å²) in [5.74, 6) is 0.875. The Morgan fingerprint density at radius 1 is 1.28 bits per heavy atom. The van der Waals surface area contributed by atoms with Gasteiger partial charge >= 0.3 is 0 Å². The topological polar surface area (TPSA) is 74.8 Å². The quantitative estimate of drug-likeness (QED) is 0.439. The van der Waals surface area contributed by atoms with Crippen molar-refractivity contribution in [3.63, 3.8) is 0 Å².